The molecule has 3 aromatic rings. The highest BCUT2D eigenvalue weighted by Gasteiger charge is 2.11. The van der Waals surface area contributed by atoms with Crippen LogP contribution in [0.5, 0.6) is 0 Å². The van der Waals surface area contributed by atoms with Crippen LogP contribution in [0.1, 0.15) is 12.0 Å². The zero-order valence-corrected chi connectivity index (χ0v) is 14.5. The number of carbonyl (C=O) groups excluding carboxylic acids is 1. The fourth-order valence-electron chi connectivity index (χ4n) is 2.45. The van der Waals surface area contributed by atoms with Crippen LogP contribution in [0.25, 0.3) is 11.4 Å². The van der Waals surface area contributed by atoms with Crippen LogP contribution in [0.2, 0.25) is 0 Å². The standard InChI is InChI=1S/C18H16F2N4OS/c19-14-5-1-12(2-6-14)11-21-16(25)9-10-24-17(22-23-18(24)26)13-3-7-15(20)8-4-13/h1-8H,9-11H2,(H,21,25)(H,23,26). The summed E-state index contributed by atoms with van der Waals surface area (Å²) in [6.45, 7) is 0.651. The molecule has 2 N–H and O–H groups in total. The molecule has 0 unspecified atom stereocenters. The molecular formula is C18H16F2N4OS. The number of nitrogens with one attached hydrogen (secondary N) is 2. The Balaban J connectivity index is 1.61. The van der Waals surface area contributed by atoms with E-state index in [2.05, 4.69) is 15.5 Å². The maximum Gasteiger partial charge on any atom is 0.222 e. The van der Waals surface area contributed by atoms with Crippen molar-refractivity contribution < 1.29 is 13.6 Å². The summed E-state index contributed by atoms with van der Waals surface area (Å²) in [7, 11) is 0. The third kappa shape index (κ3) is 4.40. The number of carbonyl (C=O) groups is 1. The van der Waals surface area contributed by atoms with E-state index in [0.29, 0.717) is 29.2 Å². The lowest BCUT2D eigenvalue weighted by atomic mass is 10.2. The molecule has 0 spiro atoms. The predicted octanol–water partition coefficient (Wildman–Crippen LogP) is 3.59. The molecule has 3 rings (SSSR count). The molecule has 0 aliphatic carbocycles. The second-order valence-electron chi connectivity index (χ2n) is 5.66. The molecule has 2 aromatic carbocycles. The Morgan fingerprint density at radius 3 is 2.35 bits per heavy atom. The fraction of sp³-hybridized carbons (Fsp3) is 0.167. The number of aromatic nitrogens is 3. The molecule has 8 heteroatoms. The van der Waals surface area contributed by atoms with E-state index in [1.54, 1.807) is 28.8 Å². The van der Waals surface area contributed by atoms with Gasteiger partial charge in [-0.15, -0.1) is 0 Å². The molecule has 0 fully saturated rings. The number of halogens is 2. The maximum absolute atomic E-state index is 13.1. The van der Waals surface area contributed by atoms with Crippen LogP contribution in [-0.4, -0.2) is 20.7 Å². The topological polar surface area (TPSA) is 62.7 Å². The van der Waals surface area contributed by atoms with Gasteiger partial charge in [0.15, 0.2) is 10.6 Å². The first kappa shape index (κ1) is 17.9. The van der Waals surface area contributed by atoms with Crippen molar-refractivity contribution in [2.75, 3.05) is 0 Å². The number of benzene rings is 2. The largest absolute Gasteiger partial charge is 0.352 e. The van der Waals surface area contributed by atoms with Gasteiger partial charge >= 0.3 is 0 Å². The van der Waals surface area contributed by atoms with E-state index in [1.165, 1.54) is 24.3 Å². The zero-order chi connectivity index (χ0) is 18.5. The van der Waals surface area contributed by atoms with Gasteiger partial charge < -0.3 is 5.32 Å². The third-order valence-electron chi connectivity index (χ3n) is 3.83. The zero-order valence-electron chi connectivity index (χ0n) is 13.7. The molecule has 0 atom stereocenters. The molecule has 1 amide bonds. The van der Waals surface area contributed by atoms with E-state index in [4.69, 9.17) is 12.2 Å². The average Bonchev–Trinajstić information content (AvgIpc) is 3.01. The van der Waals surface area contributed by atoms with Crippen molar-refractivity contribution in [1.82, 2.24) is 20.1 Å². The Morgan fingerprint density at radius 1 is 1.08 bits per heavy atom. The summed E-state index contributed by atoms with van der Waals surface area (Å²) >= 11 is 5.21. The van der Waals surface area contributed by atoms with Crippen LogP contribution in [0.4, 0.5) is 8.78 Å². The molecule has 0 radical (unpaired) electrons. The number of amides is 1. The number of hydrogen-bond acceptors (Lipinski definition) is 3. The molecule has 0 aliphatic rings. The highest BCUT2D eigenvalue weighted by Crippen LogP contribution is 2.18. The number of rotatable bonds is 6. The molecule has 0 saturated carbocycles. The molecule has 0 saturated heterocycles. The molecule has 0 bridgehead atoms. The smallest absolute Gasteiger partial charge is 0.222 e. The van der Waals surface area contributed by atoms with E-state index in [0.717, 1.165) is 5.56 Å². The minimum atomic E-state index is -0.338. The van der Waals surface area contributed by atoms with Crippen LogP contribution >= 0.6 is 12.2 Å². The Kier molecular flexibility index (Phi) is 5.52. The first-order valence-corrected chi connectivity index (χ1v) is 8.36. The second-order valence-corrected chi connectivity index (χ2v) is 6.05. The van der Waals surface area contributed by atoms with Crippen molar-refractivity contribution in [3.8, 4) is 11.4 Å². The predicted molar refractivity (Wildman–Crippen MR) is 95.7 cm³/mol. The van der Waals surface area contributed by atoms with Gasteiger partial charge in [-0.3, -0.25) is 14.5 Å². The summed E-state index contributed by atoms with van der Waals surface area (Å²) in [4.78, 5) is 12.1. The number of aromatic amines is 1. The number of H-pyrrole nitrogens is 1. The molecule has 134 valence electrons. The summed E-state index contributed by atoms with van der Waals surface area (Å²) in [5, 5.41) is 9.62. The van der Waals surface area contributed by atoms with Crippen molar-refractivity contribution in [2.24, 2.45) is 0 Å². The SMILES string of the molecule is O=C(CCn1c(-c2ccc(F)cc2)n[nH]c1=S)NCc1ccc(F)cc1. The molecule has 5 nitrogen and oxygen atoms in total. The maximum atomic E-state index is 13.1. The molecule has 1 heterocycles. The van der Waals surface area contributed by atoms with Crippen LogP contribution in [-0.2, 0) is 17.9 Å². The lowest BCUT2D eigenvalue weighted by Gasteiger charge is -2.08. The minimum absolute atomic E-state index is 0.164. The van der Waals surface area contributed by atoms with Gasteiger partial charge in [-0.25, -0.2) is 8.78 Å². The minimum Gasteiger partial charge on any atom is -0.352 e. The normalized spacial score (nSPS) is 10.7. The van der Waals surface area contributed by atoms with Crippen molar-refractivity contribution in [1.29, 1.82) is 0 Å². The molecule has 26 heavy (non-hydrogen) atoms. The Labute approximate surface area is 153 Å². The summed E-state index contributed by atoms with van der Waals surface area (Å²) < 4.78 is 28.0. The van der Waals surface area contributed by atoms with Gasteiger partial charge in [0.25, 0.3) is 0 Å². The highest BCUT2D eigenvalue weighted by atomic mass is 32.1. The van der Waals surface area contributed by atoms with Gasteiger partial charge in [0.1, 0.15) is 11.6 Å². The summed E-state index contributed by atoms with van der Waals surface area (Å²) in [5.74, 6) is -0.277. The highest BCUT2D eigenvalue weighted by molar-refractivity contribution is 7.71. The monoisotopic (exact) mass is 374 g/mol. The van der Waals surface area contributed by atoms with Crippen molar-refractivity contribution in [2.45, 2.75) is 19.5 Å². The van der Waals surface area contributed by atoms with E-state index in [1.807, 2.05) is 0 Å². The van der Waals surface area contributed by atoms with Crippen LogP contribution in [0, 0.1) is 16.4 Å². The van der Waals surface area contributed by atoms with Gasteiger partial charge in [0.05, 0.1) is 0 Å². The second kappa shape index (κ2) is 8.01. The summed E-state index contributed by atoms with van der Waals surface area (Å²) in [6.07, 6.45) is 0.198. The van der Waals surface area contributed by atoms with Crippen molar-refractivity contribution in [3.05, 3.63) is 70.5 Å². The van der Waals surface area contributed by atoms with Gasteiger partial charge in [0.2, 0.25) is 5.91 Å². The van der Waals surface area contributed by atoms with Crippen LogP contribution in [0.3, 0.4) is 0 Å². The fourth-order valence-corrected chi connectivity index (χ4v) is 2.67. The number of nitrogens with zero attached hydrogens (tertiary/aromatic N) is 2. The lowest BCUT2D eigenvalue weighted by Crippen LogP contribution is -2.24. The summed E-state index contributed by atoms with van der Waals surface area (Å²) in [6, 6.07) is 11.8. The van der Waals surface area contributed by atoms with Crippen molar-refractivity contribution in [3.63, 3.8) is 0 Å². The Bertz CT molecular complexity index is 949. The number of hydrogen-bond donors (Lipinski definition) is 2. The van der Waals surface area contributed by atoms with E-state index in [-0.39, 0.29) is 24.0 Å². The van der Waals surface area contributed by atoms with Gasteiger partial charge in [-0.2, -0.15) is 5.10 Å². The van der Waals surface area contributed by atoms with Gasteiger partial charge in [-0.05, 0) is 54.2 Å². The summed E-state index contributed by atoms with van der Waals surface area (Å²) in [5.41, 5.74) is 1.51. The quantitative estimate of drug-likeness (QED) is 0.648. The first-order chi connectivity index (χ1) is 12.5. The Morgan fingerprint density at radius 2 is 1.69 bits per heavy atom. The van der Waals surface area contributed by atoms with Crippen molar-refractivity contribution >= 4 is 18.1 Å². The van der Waals surface area contributed by atoms with Gasteiger partial charge in [-0.1, -0.05) is 12.1 Å². The average molecular weight is 374 g/mol. The molecular weight excluding hydrogens is 358 g/mol. The lowest BCUT2D eigenvalue weighted by molar-refractivity contribution is -0.121. The van der Waals surface area contributed by atoms with Crippen LogP contribution < -0.4 is 5.32 Å². The first-order valence-electron chi connectivity index (χ1n) is 7.95. The Hall–Kier alpha value is -2.87. The third-order valence-corrected chi connectivity index (χ3v) is 4.14. The molecule has 1 aromatic heterocycles. The van der Waals surface area contributed by atoms with E-state index >= 15 is 0 Å². The van der Waals surface area contributed by atoms with Crippen LogP contribution in [0.15, 0.2) is 48.5 Å². The van der Waals surface area contributed by atoms with E-state index in [9.17, 15) is 13.6 Å². The van der Waals surface area contributed by atoms with E-state index < -0.39 is 0 Å². The van der Waals surface area contributed by atoms with Gasteiger partial charge in [0, 0.05) is 25.1 Å². The molecule has 0 aliphatic heterocycles.